The Hall–Kier alpha value is -3.03. The SMILES string of the molecule is O=C(NC1CCCCC1)C1CCN(c2ccc3nnc(-c4ccccc4F)n3n2)CC1. The van der Waals surface area contributed by atoms with Gasteiger partial charge in [-0.3, -0.25) is 4.79 Å². The molecular formula is C23H27FN6O. The van der Waals surface area contributed by atoms with Crippen LogP contribution in [0.25, 0.3) is 17.0 Å². The summed E-state index contributed by atoms with van der Waals surface area (Å²) in [6.45, 7) is 1.52. The number of fused-ring (bicyclic) bond motifs is 1. The fourth-order valence-corrected chi connectivity index (χ4v) is 4.70. The molecule has 8 heteroatoms. The largest absolute Gasteiger partial charge is 0.355 e. The minimum Gasteiger partial charge on any atom is -0.355 e. The van der Waals surface area contributed by atoms with Crippen molar-refractivity contribution in [3.05, 3.63) is 42.2 Å². The van der Waals surface area contributed by atoms with Crippen molar-refractivity contribution in [3.63, 3.8) is 0 Å². The number of piperidine rings is 1. The number of benzene rings is 1. The zero-order valence-electron chi connectivity index (χ0n) is 17.5. The fraction of sp³-hybridized carbons (Fsp3) is 0.478. The third kappa shape index (κ3) is 4.11. The molecule has 2 aromatic heterocycles. The molecule has 1 aromatic carbocycles. The summed E-state index contributed by atoms with van der Waals surface area (Å²) in [7, 11) is 0. The number of hydrogen-bond acceptors (Lipinski definition) is 5. The van der Waals surface area contributed by atoms with E-state index in [0.717, 1.165) is 44.6 Å². The molecule has 1 aliphatic carbocycles. The monoisotopic (exact) mass is 422 g/mol. The topological polar surface area (TPSA) is 75.4 Å². The van der Waals surface area contributed by atoms with E-state index in [1.807, 2.05) is 12.1 Å². The summed E-state index contributed by atoms with van der Waals surface area (Å²) in [5.74, 6) is 1.09. The summed E-state index contributed by atoms with van der Waals surface area (Å²) in [6, 6.07) is 10.6. The zero-order valence-corrected chi connectivity index (χ0v) is 17.5. The number of nitrogens with zero attached hydrogens (tertiary/aromatic N) is 5. The number of amides is 1. The number of aromatic nitrogens is 4. The Bertz CT molecular complexity index is 1070. The summed E-state index contributed by atoms with van der Waals surface area (Å²) < 4.78 is 15.9. The lowest BCUT2D eigenvalue weighted by atomic mass is 9.92. The summed E-state index contributed by atoms with van der Waals surface area (Å²) in [6.07, 6.45) is 7.55. The Morgan fingerprint density at radius 2 is 1.74 bits per heavy atom. The molecule has 1 aliphatic heterocycles. The van der Waals surface area contributed by atoms with Gasteiger partial charge in [0.2, 0.25) is 5.91 Å². The first-order valence-corrected chi connectivity index (χ1v) is 11.2. The average Bonchev–Trinajstić information content (AvgIpc) is 3.23. The quantitative estimate of drug-likeness (QED) is 0.695. The van der Waals surface area contributed by atoms with E-state index in [9.17, 15) is 9.18 Å². The second-order valence-corrected chi connectivity index (χ2v) is 8.57. The first kappa shape index (κ1) is 19.9. The first-order chi connectivity index (χ1) is 15.2. The highest BCUT2D eigenvalue weighted by Gasteiger charge is 2.28. The molecular weight excluding hydrogens is 395 g/mol. The van der Waals surface area contributed by atoms with E-state index in [1.54, 1.807) is 22.7 Å². The van der Waals surface area contributed by atoms with E-state index in [4.69, 9.17) is 5.10 Å². The van der Waals surface area contributed by atoms with Gasteiger partial charge in [0.25, 0.3) is 0 Å². The highest BCUT2D eigenvalue weighted by Crippen LogP contribution is 2.26. The van der Waals surface area contributed by atoms with Crippen LogP contribution in [0.4, 0.5) is 10.2 Å². The smallest absolute Gasteiger partial charge is 0.223 e. The van der Waals surface area contributed by atoms with Crippen molar-refractivity contribution >= 4 is 17.4 Å². The molecule has 1 saturated heterocycles. The Labute approximate surface area is 180 Å². The molecule has 1 N–H and O–H groups in total. The maximum absolute atomic E-state index is 14.3. The number of hydrogen-bond donors (Lipinski definition) is 1. The van der Waals surface area contributed by atoms with Crippen molar-refractivity contribution in [2.75, 3.05) is 18.0 Å². The molecule has 3 aromatic rings. The van der Waals surface area contributed by atoms with Crippen LogP contribution in [0.5, 0.6) is 0 Å². The zero-order chi connectivity index (χ0) is 21.2. The number of carbonyl (C=O) groups excluding carboxylic acids is 1. The molecule has 31 heavy (non-hydrogen) atoms. The minimum absolute atomic E-state index is 0.0609. The lowest BCUT2D eigenvalue weighted by molar-refractivity contribution is -0.126. The van der Waals surface area contributed by atoms with Crippen molar-refractivity contribution in [1.82, 2.24) is 25.1 Å². The molecule has 0 unspecified atom stereocenters. The van der Waals surface area contributed by atoms with Crippen molar-refractivity contribution in [3.8, 4) is 11.4 Å². The fourth-order valence-electron chi connectivity index (χ4n) is 4.70. The van der Waals surface area contributed by atoms with Crippen LogP contribution in [-0.2, 0) is 4.79 Å². The van der Waals surface area contributed by atoms with Crippen LogP contribution >= 0.6 is 0 Å². The molecule has 0 bridgehead atoms. The van der Waals surface area contributed by atoms with Gasteiger partial charge < -0.3 is 10.2 Å². The molecule has 3 heterocycles. The van der Waals surface area contributed by atoms with E-state index in [2.05, 4.69) is 20.4 Å². The lowest BCUT2D eigenvalue weighted by Crippen LogP contribution is -2.44. The average molecular weight is 423 g/mol. The maximum Gasteiger partial charge on any atom is 0.223 e. The van der Waals surface area contributed by atoms with Crippen LogP contribution in [-0.4, -0.2) is 44.8 Å². The van der Waals surface area contributed by atoms with Gasteiger partial charge in [0, 0.05) is 25.0 Å². The maximum atomic E-state index is 14.3. The molecule has 162 valence electrons. The van der Waals surface area contributed by atoms with E-state index >= 15 is 0 Å². The molecule has 1 saturated carbocycles. The Kier molecular flexibility index (Phi) is 5.53. The molecule has 2 aliphatic rings. The van der Waals surface area contributed by atoms with Gasteiger partial charge in [-0.25, -0.2) is 4.39 Å². The van der Waals surface area contributed by atoms with Crippen LogP contribution in [0.2, 0.25) is 0 Å². The molecule has 1 amide bonds. The number of halogens is 1. The number of anilines is 1. The van der Waals surface area contributed by atoms with Gasteiger partial charge in [-0.15, -0.1) is 15.3 Å². The number of rotatable bonds is 4. The normalized spacial score (nSPS) is 18.4. The van der Waals surface area contributed by atoms with Crippen molar-refractivity contribution < 1.29 is 9.18 Å². The Morgan fingerprint density at radius 3 is 2.52 bits per heavy atom. The predicted molar refractivity (Wildman–Crippen MR) is 116 cm³/mol. The van der Waals surface area contributed by atoms with Crippen molar-refractivity contribution in [2.24, 2.45) is 5.92 Å². The minimum atomic E-state index is -0.353. The first-order valence-electron chi connectivity index (χ1n) is 11.2. The highest BCUT2D eigenvalue weighted by atomic mass is 19.1. The van der Waals surface area contributed by atoms with Crippen LogP contribution in [0, 0.1) is 11.7 Å². The molecule has 2 fully saturated rings. The molecule has 0 radical (unpaired) electrons. The predicted octanol–water partition coefficient (Wildman–Crippen LogP) is 3.60. The van der Waals surface area contributed by atoms with Crippen LogP contribution in [0.3, 0.4) is 0 Å². The van der Waals surface area contributed by atoms with Gasteiger partial charge in [0.15, 0.2) is 11.5 Å². The van der Waals surface area contributed by atoms with E-state index in [0.29, 0.717) is 23.1 Å². The summed E-state index contributed by atoms with van der Waals surface area (Å²) in [5, 5.41) is 16.2. The second-order valence-electron chi connectivity index (χ2n) is 8.57. The third-order valence-corrected chi connectivity index (χ3v) is 6.50. The van der Waals surface area contributed by atoms with Crippen LogP contribution in [0.1, 0.15) is 44.9 Å². The van der Waals surface area contributed by atoms with E-state index < -0.39 is 0 Å². The van der Waals surface area contributed by atoms with Gasteiger partial charge in [-0.05, 0) is 49.9 Å². The van der Waals surface area contributed by atoms with Gasteiger partial charge in [-0.2, -0.15) is 4.52 Å². The van der Waals surface area contributed by atoms with Gasteiger partial charge in [-0.1, -0.05) is 31.4 Å². The molecule has 5 rings (SSSR count). The van der Waals surface area contributed by atoms with Crippen molar-refractivity contribution in [1.29, 1.82) is 0 Å². The molecule has 0 atom stereocenters. The van der Waals surface area contributed by atoms with Crippen LogP contribution < -0.4 is 10.2 Å². The third-order valence-electron chi connectivity index (χ3n) is 6.50. The van der Waals surface area contributed by atoms with Gasteiger partial charge in [0.1, 0.15) is 11.6 Å². The van der Waals surface area contributed by atoms with E-state index in [-0.39, 0.29) is 17.6 Å². The van der Waals surface area contributed by atoms with Crippen LogP contribution in [0.15, 0.2) is 36.4 Å². The summed E-state index contributed by atoms with van der Waals surface area (Å²) in [4.78, 5) is 14.9. The number of carbonyl (C=O) groups is 1. The van der Waals surface area contributed by atoms with Crippen molar-refractivity contribution in [2.45, 2.75) is 51.0 Å². The summed E-state index contributed by atoms with van der Waals surface area (Å²) in [5.41, 5.74) is 0.946. The summed E-state index contributed by atoms with van der Waals surface area (Å²) >= 11 is 0. The Balaban J connectivity index is 1.28. The second kappa shape index (κ2) is 8.61. The van der Waals surface area contributed by atoms with Gasteiger partial charge >= 0.3 is 0 Å². The Morgan fingerprint density at radius 1 is 0.968 bits per heavy atom. The molecule has 7 nitrogen and oxygen atoms in total. The lowest BCUT2D eigenvalue weighted by Gasteiger charge is -2.33. The van der Waals surface area contributed by atoms with E-state index in [1.165, 1.54) is 25.3 Å². The molecule has 0 spiro atoms. The van der Waals surface area contributed by atoms with Gasteiger partial charge in [0.05, 0.1) is 5.56 Å². The standard InChI is InChI=1S/C23H27FN6O/c24-19-9-5-4-8-18(19)22-27-26-20-10-11-21(28-30(20)22)29-14-12-16(13-15-29)23(31)25-17-6-2-1-3-7-17/h4-5,8-11,16-17H,1-3,6-7,12-15H2,(H,25,31). The number of nitrogens with one attached hydrogen (secondary N) is 1. The highest BCUT2D eigenvalue weighted by molar-refractivity contribution is 5.79.